The normalized spacial score (nSPS) is 17.8. The Kier molecular flexibility index (Phi) is 1.63. The summed E-state index contributed by atoms with van der Waals surface area (Å²) in [6.45, 7) is 2.32. The smallest absolute Gasteiger partial charge is 0.193 e. The van der Waals surface area contributed by atoms with Gasteiger partial charge in [0, 0.05) is 17.8 Å². The van der Waals surface area contributed by atoms with Crippen molar-refractivity contribution >= 4 is 16.3 Å². The maximum absolute atomic E-state index is 4.55. The minimum absolute atomic E-state index is 0.810. The van der Waals surface area contributed by atoms with Crippen LogP contribution in [-0.2, 0) is 6.42 Å². The molecule has 1 aliphatic heterocycles. The molecule has 1 N–H and O–H groups in total. The van der Waals surface area contributed by atoms with Crippen molar-refractivity contribution in [2.75, 3.05) is 13.1 Å². The lowest BCUT2D eigenvalue weighted by atomic mass is 9.98. The van der Waals surface area contributed by atoms with E-state index in [0.29, 0.717) is 0 Å². The van der Waals surface area contributed by atoms with Gasteiger partial charge in [0.2, 0.25) is 0 Å². The van der Waals surface area contributed by atoms with Crippen LogP contribution in [0.15, 0.2) is 17.8 Å². The summed E-state index contributed by atoms with van der Waals surface area (Å²) in [5.74, 6) is 0.810. The largest absolute Gasteiger partial charge is 0.316 e. The summed E-state index contributed by atoms with van der Waals surface area (Å²) in [4.78, 5) is 5.66. The maximum atomic E-state index is 4.55. The van der Waals surface area contributed by atoms with Crippen LogP contribution in [0, 0.1) is 5.92 Å². The molecule has 0 amide bonds. The third kappa shape index (κ3) is 1.26. The van der Waals surface area contributed by atoms with Crippen molar-refractivity contribution < 1.29 is 0 Å². The van der Waals surface area contributed by atoms with Gasteiger partial charge >= 0.3 is 0 Å². The summed E-state index contributed by atoms with van der Waals surface area (Å²) < 4.78 is 2.10. The predicted molar refractivity (Wildman–Crippen MR) is 53.1 cm³/mol. The first-order valence-electron chi connectivity index (χ1n) is 4.53. The summed E-state index contributed by atoms with van der Waals surface area (Å²) in [6, 6.07) is 0. The van der Waals surface area contributed by atoms with E-state index in [9.17, 15) is 0 Å². The lowest BCUT2D eigenvalue weighted by Crippen LogP contribution is -2.43. The van der Waals surface area contributed by atoms with E-state index in [4.69, 9.17) is 0 Å². The van der Waals surface area contributed by atoms with Crippen LogP contribution in [0.1, 0.15) is 5.69 Å². The van der Waals surface area contributed by atoms with Crippen molar-refractivity contribution in [2.45, 2.75) is 6.42 Å². The van der Waals surface area contributed by atoms with Gasteiger partial charge in [0.15, 0.2) is 4.96 Å². The fourth-order valence-corrected chi connectivity index (χ4v) is 2.38. The lowest BCUT2D eigenvalue weighted by molar-refractivity contribution is 0.344. The van der Waals surface area contributed by atoms with Gasteiger partial charge < -0.3 is 5.32 Å². The number of nitrogens with zero attached hydrogens (tertiary/aromatic N) is 2. The average Bonchev–Trinajstić information content (AvgIpc) is 2.54. The third-order valence-electron chi connectivity index (χ3n) is 2.51. The Balaban J connectivity index is 1.85. The Morgan fingerprint density at radius 2 is 2.54 bits per heavy atom. The van der Waals surface area contributed by atoms with E-state index in [1.165, 1.54) is 5.69 Å². The molecule has 0 saturated carbocycles. The monoisotopic (exact) mass is 193 g/mol. The first kappa shape index (κ1) is 7.53. The number of imidazole rings is 1. The standard InChI is InChI=1S/C9H11N3S/c1-2-13-9-11-8(6-12(1)9)3-7-4-10-5-7/h1-2,6-7,10H,3-5H2. The Hall–Kier alpha value is -0.870. The third-order valence-corrected chi connectivity index (χ3v) is 3.28. The van der Waals surface area contributed by atoms with Crippen molar-refractivity contribution in [3.63, 3.8) is 0 Å². The SMILES string of the molecule is c1cn2cc(CC3CNC3)nc2s1. The van der Waals surface area contributed by atoms with Gasteiger partial charge in [0.1, 0.15) is 0 Å². The molecule has 0 spiro atoms. The van der Waals surface area contributed by atoms with Crippen LogP contribution in [0.25, 0.3) is 4.96 Å². The van der Waals surface area contributed by atoms with Gasteiger partial charge in [-0.05, 0) is 25.4 Å². The van der Waals surface area contributed by atoms with Gasteiger partial charge in [-0.1, -0.05) is 0 Å². The quantitative estimate of drug-likeness (QED) is 0.775. The van der Waals surface area contributed by atoms with E-state index in [2.05, 4.69) is 32.5 Å². The highest BCUT2D eigenvalue weighted by atomic mass is 32.1. The first-order valence-corrected chi connectivity index (χ1v) is 5.41. The summed E-state index contributed by atoms with van der Waals surface area (Å²) in [7, 11) is 0. The summed E-state index contributed by atoms with van der Waals surface area (Å²) in [5, 5.41) is 5.34. The van der Waals surface area contributed by atoms with Crippen LogP contribution < -0.4 is 5.32 Å². The van der Waals surface area contributed by atoms with E-state index in [-0.39, 0.29) is 0 Å². The number of hydrogen-bond donors (Lipinski definition) is 1. The molecule has 0 bridgehead atoms. The molecule has 0 radical (unpaired) electrons. The Morgan fingerprint density at radius 1 is 1.62 bits per heavy atom. The molecule has 0 aliphatic carbocycles. The fourth-order valence-electron chi connectivity index (χ4n) is 1.66. The maximum Gasteiger partial charge on any atom is 0.193 e. The molecule has 2 aromatic rings. The summed E-state index contributed by atoms with van der Waals surface area (Å²) >= 11 is 1.70. The van der Waals surface area contributed by atoms with E-state index in [1.807, 2.05) is 0 Å². The van der Waals surface area contributed by atoms with E-state index >= 15 is 0 Å². The van der Waals surface area contributed by atoms with E-state index in [1.54, 1.807) is 11.3 Å². The zero-order chi connectivity index (χ0) is 8.67. The first-order chi connectivity index (χ1) is 6.42. The predicted octanol–water partition coefficient (Wildman–Crippen LogP) is 1.16. The molecule has 2 aromatic heterocycles. The molecule has 0 aromatic carbocycles. The molecule has 1 fully saturated rings. The van der Waals surface area contributed by atoms with Crippen molar-refractivity contribution in [2.24, 2.45) is 5.92 Å². The van der Waals surface area contributed by atoms with Crippen LogP contribution >= 0.6 is 11.3 Å². The van der Waals surface area contributed by atoms with Crippen molar-refractivity contribution in [1.29, 1.82) is 0 Å². The molecule has 4 heteroatoms. The van der Waals surface area contributed by atoms with E-state index in [0.717, 1.165) is 30.4 Å². The summed E-state index contributed by atoms with van der Waals surface area (Å²) in [5.41, 5.74) is 1.23. The van der Waals surface area contributed by atoms with Crippen molar-refractivity contribution in [3.05, 3.63) is 23.5 Å². The average molecular weight is 193 g/mol. The second kappa shape index (κ2) is 2.82. The molecular weight excluding hydrogens is 182 g/mol. The van der Waals surface area contributed by atoms with Gasteiger partial charge in [0.05, 0.1) is 5.69 Å². The zero-order valence-corrected chi connectivity index (χ0v) is 8.05. The van der Waals surface area contributed by atoms with Crippen LogP contribution in [0.3, 0.4) is 0 Å². The molecule has 68 valence electrons. The second-order valence-corrected chi connectivity index (χ2v) is 4.43. The number of nitrogens with one attached hydrogen (secondary N) is 1. The van der Waals surface area contributed by atoms with Crippen LogP contribution in [0.4, 0.5) is 0 Å². The van der Waals surface area contributed by atoms with Gasteiger partial charge in [0.25, 0.3) is 0 Å². The molecular formula is C9H11N3S. The van der Waals surface area contributed by atoms with Gasteiger partial charge in [-0.3, -0.25) is 4.40 Å². The molecule has 0 atom stereocenters. The highest BCUT2D eigenvalue weighted by Crippen LogP contribution is 2.15. The highest BCUT2D eigenvalue weighted by Gasteiger charge is 2.18. The topological polar surface area (TPSA) is 29.3 Å². The van der Waals surface area contributed by atoms with Crippen molar-refractivity contribution in [3.8, 4) is 0 Å². The van der Waals surface area contributed by atoms with Gasteiger partial charge in [-0.25, -0.2) is 4.98 Å². The Bertz CT molecular complexity index is 385. The van der Waals surface area contributed by atoms with Crippen molar-refractivity contribution in [1.82, 2.24) is 14.7 Å². The summed E-state index contributed by atoms with van der Waals surface area (Å²) in [6.07, 6.45) is 5.33. The molecule has 3 rings (SSSR count). The second-order valence-electron chi connectivity index (χ2n) is 3.55. The van der Waals surface area contributed by atoms with Crippen LogP contribution in [0.5, 0.6) is 0 Å². The molecule has 3 nitrogen and oxygen atoms in total. The Labute approximate surface area is 80.4 Å². The number of fused-ring (bicyclic) bond motifs is 1. The van der Waals surface area contributed by atoms with E-state index < -0.39 is 0 Å². The number of thiazole rings is 1. The lowest BCUT2D eigenvalue weighted by Gasteiger charge is -2.25. The zero-order valence-electron chi connectivity index (χ0n) is 7.23. The fraction of sp³-hybridized carbons (Fsp3) is 0.444. The number of aromatic nitrogens is 2. The number of hydrogen-bond acceptors (Lipinski definition) is 3. The van der Waals surface area contributed by atoms with Gasteiger partial charge in [-0.2, -0.15) is 0 Å². The molecule has 1 saturated heterocycles. The minimum Gasteiger partial charge on any atom is -0.316 e. The molecule has 3 heterocycles. The number of rotatable bonds is 2. The molecule has 0 unspecified atom stereocenters. The van der Waals surface area contributed by atoms with Crippen LogP contribution in [-0.4, -0.2) is 22.5 Å². The Morgan fingerprint density at radius 3 is 3.23 bits per heavy atom. The van der Waals surface area contributed by atoms with Crippen LogP contribution in [0.2, 0.25) is 0 Å². The van der Waals surface area contributed by atoms with Gasteiger partial charge in [-0.15, -0.1) is 11.3 Å². The molecule has 13 heavy (non-hydrogen) atoms. The molecule has 1 aliphatic rings. The highest BCUT2D eigenvalue weighted by molar-refractivity contribution is 7.15. The minimum atomic E-state index is 0.810.